The minimum atomic E-state index is -2.98. The quantitative estimate of drug-likeness (QED) is 0.859. The van der Waals surface area contributed by atoms with Crippen molar-refractivity contribution in [2.75, 3.05) is 12.8 Å². The van der Waals surface area contributed by atoms with Gasteiger partial charge in [0.1, 0.15) is 0 Å². The van der Waals surface area contributed by atoms with Gasteiger partial charge in [-0.1, -0.05) is 12.8 Å². The Balaban J connectivity index is 2.09. The maximum Gasteiger partial charge on any atom is 0.154 e. The van der Waals surface area contributed by atoms with E-state index in [0.717, 1.165) is 12.8 Å². The largest absolute Gasteiger partial charge is 0.310 e. The molecule has 2 fully saturated rings. The van der Waals surface area contributed by atoms with E-state index in [1.807, 2.05) is 0 Å². The van der Waals surface area contributed by atoms with Crippen molar-refractivity contribution in [3.63, 3.8) is 0 Å². The third kappa shape index (κ3) is 2.60. The normalized spacial score (nSPS) is 26.2. The van der Waals surface area contributed by atoms with E-state index in [2.05, 4.69) is 26.1 Å². The van der Waals surface area contributed by atoms with Crippen molar-refractivity contribution < 1.29 is 8.42 Å². The molecular formula is C14H27NO2S. The molecule has 2 saturated carbocycles. The average Bonchev–Trinajstić information content (AvgIpc) is 2.57. The van der Waals surface area contributed by atoms with E-state index in [9.17, 15) is 8.42 Å². The molecule has 106 valence electrons. The second kappa shape index (κ2) is 4.20. The van der Waals surface area contributed by atoms with Crippen LogP contribution in [0.4, 0.5) is 0 Å². The minimum absolute atomic E-state index is 0.0177. The van der Waals surface area contributed by atoms with Gasteiger partial charge in [0.05, 0.1) is 4.75 Å². The lowest BCUT2D eigenvalue weighted by Crippen LogP contribution is -2.62. The summed E-state index contributed by atoms with van der Waals surface area (Å²) in [6.07, 6.45) is 8.21. The maximum atomic E-state index is 12.2. The molecule has 0 aromatic heterocycles. The summed E-state index contributed by atoms with van der Waals surface area (Å²) < 4.78 is 23.8. The zero-order chi connectivity index (χ0) is 13.7. The Morgan fingerprint density at radius 3 is 2.00 bits per heavy atom. The zero-order valence-electron chi connectivity index (χ0n) is 12.2. The lowest BCUT2D eigenvalue weighted by atomic mass is 9.60. The Morgan fingerprint density at radius 2 is 1.61 bits per heavy atom. The fourth-order valence-electron chi connectivity index (χ4n) is 3.74. The second-order valence-electron chi connectivity index (χ2n) is 7.62. The number of hydrogen-bond acceptors (Lipinski definition) is 3. The van der Waals surface area contributed by atoms with Gasteiger partial charge in [-0.2, -0.15) is 0 Å². The van der Waals surface area contributed by atoms with Crippen LogP contribution in [0.1, 0.15) is 59.3 Å². The molecule has 2 rings (SSSR count). The van der Waals surface area contributed by atoms with Crippen LogP contribution in [0, 0.1) is 5.41 Å². The summed E-state index contributed by atoms with van der Waals surface area (Å²) in [6.45, 7) is 6.88. The summed E-state index contributed by atoms with van der Waals surface area (Å²) >= 11 is 0. The third-order valence-electron chi connectivity index (χ3n) is 4.79. The molecule has 0 bridgehead atoms. The standard InChI is InChI=1S/C14H27NO2S/c1-12(2,3)15-11-14(18(4,16)17)9-13(10-14)7-5-6-8-13/h15H,5-11H2,1-4H3. The molecule has 0 radical (unpaired) electrons. The minimum Gasteiger partial charge on any atom is -0.310 e. The fourth-order valence-corrected chi connectivity index (χ4v) is 5.21. The van der Waals surface area contributed by atoms with Crippen molar-refractivity contribution in [3.05, 3.63) is 0 Å². The monoisotopic (exact) mass is 273 g/mol. The number of sulfone groups is 1. The lowest BCUT2D eigenvalue weighted by molar-refractivity contribution is 0.0774. The first-order valence-electron chi connectivity index (χ1n) is 7.02. The summed E-state index contributed by atoms with van der Waals surface area (Å²) in [5, 5.41) is 3.40. The highest BCUT2D eigenvalue weighted by Crippen LogP contribution is 2.60. The average molecular weight is 273 g/mol. The summed E-state index contributed by atoms with van der Waals surface area (Å²) in [4.78, 5) is 0. The molecule has 1 spiro atoms. The SMILES string of the molecule is CC(C)(C)NCC1(S(C)(=O)=O)CC2(CCCC2)C1. The van der Waals surface area contributed by atoms with Crippen LogP contribution in [0.3, 0.4) is 0 Å². The summed E-state index contributed by atoms with van der Waals surface area (Å²) in [6, 6.07) is 0. The first-order chi connectivity index (χ1) is 8.08. The number of nitrogens with one attached hydrogen (secondary N) is 1. The van der Waals surface area contributed by atoms with E-state index < -0.39 is 14.6 Å². The Labute approximate surface area is 112 Å². The van der Waals surface area contributed by atoms with E-state index in [-0.39, 0.29) is 5.54 Å². The van der Waals surface area contributed by atoms with E-state index >= 15 is 0 Å². The van der Waals surface area contributed by atoms with Gasteiger partial charge in [0.25, 0.3) is 0 Å². The molecule has 1 N–H and O–H groups in total. The van der Waals surface area contributed by atoms with Gasteiger partial charge in [0.2, 0.25) is 0 Å². The third-order valence-corrected chi connectivity index (χ3v) is 6.79. The Morgan fingerprint density at radius 1 is 1.11 bits per heavy atom. The lowest BCUT2D eigenvalue weighted by Gasteiger charge is -2.54. The molecule has 0 aromatic rings. The molecule has 0 unspecified atom stereocenters. The van der Waals surface area contributed by atoms with Crippen LogP contribution in [-0.4, -0.2) is 31.5 Å². The van der Waals surface area contributed by atoms with Crippen molar-refractivity contribution in [2.45, 2.75) is 69.6 Å². The van der Waals surface area contributed by atoms with E-state index in [1.54, 1.807) is 0 Å². The van der Waals surface area contributed by atoms with Crippen LogP contribution in [0.5, 0.6) is 0 Å². The first kappa shape index (κ1) is 14.3. The second-order valence-corrected chi connectivity index (χ2v) is 10.0. The highest BCUT2D eigenvalue weighted by molar-refractivity contribution is 7.92. The van der Waals surface area contributed by atoms with Gasteiger partial charge >= 0.3 is 0 Å². The van der Waals surface area contributed by atoms with Crippen LogP contribution < -0.4 is 5.32 Å². The van der Waals surface area contributed by atoms with Crippen LogP contribution in [-0.2, 0) is 9.84 Å². The molecule has 0 aromatic carbocycles. The van der Waals surface area contributed by atoms with Gasteiger partial charge < -0.3 is 5.32 Å². The highest BCUT2D eigenvalue weighted by Gasteiger charge is 2.60. The van der Waals surface area contributed by atoms with Crippen LogP contribution in [0.2, 0.25) is 0 Å². The number of hydrogen-bond donors (Lipinski definition) is 1. The van der Waals surface area contributed by atoms with Crippen molar-refractivity contribution in [1.29, 1.82) is 0 Å². The van der Waals surface area contributed by atoms with Crippen LogP contribution >= 0.6 is 0 Å². The molecule has 3 nitrogen and oxygen atoms in total. The molecule has 2 aliphatic rings. The van der Waals surface area contributed by atoms with Gasteiger partial charge in [0, 0.05) is 18.3 Å². The van der Waals surface area contributed by atoms with E-state index in [4.69, 9.17) is 0 Å². The van der Waals surface area contributed by atoms with Crippen molar-refractivity contribution >= 4 is 9.84 Å². The van der Waals surface area contributed by atoms with Gasteiger partial charge in [-0.05, 0) is 51.9 Å². The predicted molar refractivity (Wildman–Crippen MR) is 75.5 cm³/mol. The Bertz CT molecular complexity index is 406. The van der Waals surface area contributed by atoms with Gasteiger partial charge in [0.15, 0.2) is 9.84 Å². The van der Waals surface area contributed by atoms with Crippen molar-refractivity contribution in [2.24, 2.45) is 5.41 Å². The molecule has 0 atom stereocenters. The molecule has 2 aliphatic carbocycles. The molecule has 0 amide bonds. The summed E-state index contributed by atoms with van der Waals surface area (Å²) in [5.41, 5.74) is 0.346. The fraction of sp³-hybridized carbons (Fsp3) is 1.00. The number of rotatable bonds is 3. The smallest absolute Gasteiger partial charge is 0.154 e. The molecule has 18 heavy (non-hydrogen) atoms. The first-order valence-corrected chi connectivity index (χ1v) is 8.92. The highest BCUT2D eigenvalue weighted by atomic mass is 32.2. The van der Waals surface area contributed by atoms with Gasteiger partial charge in [-0.25, -0.2) is 8.42 Å². The van der Waals surface area contributed by atoms with Gasteiger partial charge in [-0.3, -0.25) is 0 Å². The zero-order valence-corrected chi connectivity index (χ0v) is 13.0. The van der Waals surface area contributed by atoms with Crippen LogP contribution in [0.15, 0.2) is 0 Å². The maximum absolute atomic E-state index is 12.2. The molecule has 0 aliphatic heterocycles. The summed E-state index contributed by atoms with van der Waals surface area (Å²) in [5.74, 6) is 0. The van der Waals surface area contributed by atoms with E-state index in [1.165, 1.54) is 31.9 Å². The Kier molecular flexibility index (Phi) is 3.34. The topological polar surface area (TPSA) is 46.2 Å². The predicted octanol–water partition coefficient (Wildman–Crippen LogP) is 2.51. The Hall–Kier alpha value is -0.0900. The molecule has 4 heteroatoms. The van der Waals surface area contributed by atoms with E-state index in [0.29, 0.717) is 12.0 Å². The van der Waals surface area contributed by atoms with Crippen molar-refractivity contribution in [3.8, 4) is 0 Å². The summed E-state index contributed by atoms with van der Waals surface area (Å²) in [7, 11) is -2.98. The van der Waals surface area contributed by atoms with Crippen LogP contribution in [0.25, 0.3) is 0 Å². The van der Waals surface area contributed by atoms with Gasteiger partial charge in [-0.15, -0.1) is 0 Å². The molecule has 0 heterocycles. The molecular weight excluding hydrogens is 246 g/mol. The molecule has 0 saturated heterocycles. The van der Waals surface area contributed by atoms with Crippen molar-refractivity contribution in [1.82, 2.24) is 5.32 Å².